The average molecular weight is 475 g/mol. The number of terminal acetylenes is 1. The fourth-order valence-corrected chi connectivity index (χ4v) is 3.07. The number of carbonyl (C=O) groups excluding carboxylic acids is 1. The summed E-state index contributed by atoms with van der Waals surface area (Å²) in [6, 6.07) is 8.44. The number of halogens is 1. The Morgan fingerprint density at radius 2 is 1.87 bits per heavy atom. The van der Waals surface area contributed by atoms with Gasteiger partial charge in [0.15, 0.2) is 23.0 Å². The van der Waals surface area contributed by atoms with Gasteiger partial charge in [-0.25, -0.2) is 5.43 Å². The van der Waals surface area contributed by atoms with Gasteiger partial charge in [-0.3, -0.25) is 4.79 Å². The molecule has 0 radical (unpaired) electrons. The van der Waals surface area contributed by atoms with Crippen LogP contribution in [-0.4, -0.2) is 39.1 Å². The molecule has 8 heteroatoms. The molecular weight excluding hydrogens is 452 g/mol. The number of nitrogens with one attached hydrogen (secondary N) is 1. The lowest BCUT2D eigenvalue weighted by Gasteiger charge is -2.13. The molecule has 1 N–H and O–H groups in total. The SMILES string of the molecule is C#CCOc1c(Br)cc(/C=N/NC(=O)c2ccc(OC)c(OCC)c2)cc1OCC. The summed E-state index contributed by atoms with van der Waals surface area (Å²) in [6.45, 7) is 4.75. The second-order valence-corrected chi connectivity index (χ2v) is 6.61. The number of hydrogen-bond acceptors (Lipinski definition) is 6. The van der Waals surface area contributed by atoms with E-state index in [-0.39, 0.29) is 12.5 Å². The lowest BCUT2D eigenvalue weighted by Crippen LogP contribution is -2.17. The zero-order valence-corrected chi connectivity index (χ0v) is 18.6. The molecular formula is C22H23BrN2O5. The van der Waals surface area contributed by atoms with E-state index in [1.54, 1.807) is 37.4 Å². The predicted octanol–water partition coefficient (Wildman–Crippen LogP) is 4.03. The number of rotatable bonds is 10. The maximum absolute atomic E-state index is 12.4. The van der Waals surface area contributed by atoms with Crippen molar-refractivity contribution < 1.29 is 23.7 Å². The molecule has 2 aromatic carbocycles. The van der Waals surface area contributed by atoms with Crippen molar-refractivity contribution in [2.45, 2.75) is 13.8 Å². The molecule has 0 fully saturated rings. The summed E-state index contributed by atoms with van der Waals surface area (Å²) in [5.74, 6) is 4.11. The number of hydrogen-bond donors (Lipinski definition) is 1. The van der Waals surface area contributed by atoms with Crippen LogP contribution in [0.4, 0.5) is 0 Å². The van der Waals surface area contributed by atoms with E-state index >= 15 is 0 Å². The molecule has 0 saturated heterocycles. The summed E-state index contributed by atoms with van der Waals surface area (Å²) in [6.07, 6.45) is 6.76. The molecule has 0 bridgehead atoms. The number of carbonyl (C=O) groups is 1. The van der Waals surface area contributed by atoms with Gasteiger partial charge in [0, 0.05) is 5.56 Å². The summed E-state index contributed by atoms with van der Waals surface area (Å²) in [4.78, 5) is 12.4. The number of nitrogens with zero attached hydrogens (tertiary/aromatic N) is 1. The first-order valence-electron chi connectivity index (χ1n) is 9.20. The Morgan fingerprint density at radius 3 is 2.53 bits per heavy atom. The van der Waals surface area contributed by atoms with Crippen LogP contribution in [0.25, 0.3) is 0 Å². The highest BCUT2D eigenvalue weighted by molar-refractivity contribution is 9.10. The Morgan fingerprint density at radius 1 is 1.13 bits per heavy atom. The van der Waals surface area contributed by atoms with E-state index in [4.69, 9.17) is 25.4 Å². The number of amides is 1. The highest BCUT2D eigenvalue weighted by Gasteiger charge is 2.13. The highest BCUT2D eigenvalue weighted by Crippen LogP contribution is 2.36. The summed E-state index contributed by atoms with van der Waals surface area (Å²) in [5.41, 5.74) is 3.59. The van der Waals surface area contributed by atoms with E-state index in [1.165, 1.54) is 6.21 Å². The number of benzene rings is 2. The van der Waals surface area contributed by atoms with Gasteiger partial charge in [0.05, 0.1) is 31.0 Å². The molecule has 7 nitrogen and oxygen atoms in total. The Kier molecular flexibility index (Phi) is 9.03. The molecule has 0 aliphatic heterocycles. The molecule has 158 valence electrons. The van der Waals surface area contributed by atoms with Crippen molar-refractivity contribution in [2.24, 2.45) is 5.10 Å². The van der Waals surface area contributed by atoms with E-state index in [9.17, 15) is 4.79 Å². The van der Waals surface area contributed by atoms with Crippen molar-refractivity contribution in [3.63, 3.8) is 0 Å². The van der Waals surface area contributed by atoms with Gasteiger partial charge in [-0.2, -0.15) is 5.10 Å². The van der Waals surface area contributed by atoms with Crippen molar-refractivity contribution in [3.05, 3.63) is 45.9 Å². The zero-order chi connectivity index (χ0) is 21.9. The molecule has 0 aliphatic rings. The van der Waals surface area contributed by atoms with Gasteiger partial charge in [-0.15, -0.1) is 6.42 Å². The average Bonchev–Trinajstić information content (AvgIpc) is 2.73. The molecule has 30 heavy (non-hydrogen) atoms. The van der Waals surface area contributed by atoms with Crippen LogP contribution in [0.5, 0.6) is 23.0 Å². The summed E-state index contributed by atoms with van der Waals surface area (Å²) < 4.78 is 22.5. The van der Waals surface area contributed by atoms with E-state index in [0.29, 0.717) is 51.8 Å². The molecule has 0 aliphatic carbocycles. The molecule has 2 aromatic rings. The zero-order valence-electron chi connectivity index (χ0n) is 17.0. The van der Waals surface area contributed by atoms with Gasteiger partial charge in [-0.1, -0.05) is 5.92 Å². The molecule has 0 aromatic heterocycles. The van der Waals surface area contributed by atoms with Crippen molar-refractivity contribution in [1.29, 1.82) is 0 Å². The van der Waals surface area contributed by atoms with Gasteiger partial charge >= 0.3 is 0 Å². The molecule has 0 heterocycles. The van der Waals surface area contributed by atoms with Crippen LogP contribution in [0, 0.1) is 12.3 Å². The Balaban J connectivity index is 2.15. The minimum Gasteiger partial charge on any atom is -0.493 e. The van der Waals surface area contributed by atoms with Gasteiger partial charge in [0.25, 0.3) is 5.91 Å². The van der Waals surface area contributed by atoms with Crippen LogP contribution in [0.3, 0.4) is 0 Å². The van der Waals surface area contributed by atoms with E-state index < -0.39 is 0 Å². The maximum Gasteiger partial charge on any atom is 0.271 e. The molecule has 1 amide bonds. The van der Waals surface area contributed by atoms with E-state index in [2.05, 4.69) is 32.4 Å². The van der Waals surface area contributed by atoms with Crippen molar-refractivity contribution in [1.82, 2.24) is 5.43 Å². The molecule has 2 rings (SSSR count). The van der Waals surface area contributed by atoms with Gasteiger partial charge < -0.3 is 18.9 Å². The number of methoxy groups -OCH3 is 1. The van der Waals surface area contributed by atoms with Crippen LogP contribution in [0.15, 0.2) is 39.9 Å². The normalized spacial score (nSPS) is 10.4. The van der Waals surface area contributed by atoms with Crippen LogP contribution in [-0.2, 0) is 0 Å². The Hall–Kier alpha value is -3.18. The molecule has 0 atom stereocenters. The van der Waals surface area contributed by atoms with E-state index in [0.717, 1.165) is 0 Å². The lowest BCUT2D eigenvalue weighted by molar-refractivity contribution is 0.0954. The van der Waals surface area contributed by atoms with Crippen LogP contribution in [0.2, 0.25) is 0 Å². The van der Waals surface area contributed by atoms with Crippen molar-refractivity contribution in [3.8, 4) is 35.3 Å². The fraction of sp³-hybridized carbons (Fsp3) is 0.273. The highest BCUT2D eigenvalue weighted by atomic mass is 79.9. The molecule has 0 saturated carbocycles. The van der Waals surface area contributed by atoms with Crippen molar-refractivity contribution in [2.75, 3.05) is 26.9 Å². The van der Waals surface area contributed by atoms with Crippen LogP contribution in [0.1, 0.15) is 29.8 Å². The Labute approximate surface area is 184 Å². The van der Waals surface area contributed by atoms with E-state index in [1.807, 2.05) is 13.8 Å². The minimum absolute atomic E-state index is 0.119. The largest absolute Gasteiger partial charge is 0.493 e. The van der Waals surface area contributed by atoms with Crippen molar-refractivity contribution >= 4 is 28.1 Å². The monoisotopic (exact) mass is 474 g/mol. The standard InChI is InChI=1S/C22H23BrN2O5/c1-5-10-30-21-17(23)11-15(12-20(21)29-7-3)14-24-25-22(26)16-8-9-18(27-4)19(13-16)28-6-2/h1,8-9,11-14H,6-7,10H2,2-4H3,(H,25,26)/b24-14+. The third-order valence-electron chi connectivity index (χ3n) is 3.74. The molecule has 0 spiro atoms. The summed E-state index contributed by atoms with van der Waals surface area (Å²) in [7, 11) is 1.54. The topological polar surface area (TPSA) is 78.4 Å². The summed E-state index contributed by atoms with van der Waals surface area (Å²) in [5, 5.41) is 4.02. The number of hydrazone groups is 1. The lowest BCUT2D eigenvalue weighted by atomic mass is 10.2. The van der Waals surface area contributed by atoms with Crippen LogP contribution < -0.4 is 24.4 Å². The molecule has 0 unspecified atom stereocenters. The maximum atomic E-state index is 12.4. The minimum atomic E-state index is -0.382. The number of ether oxygens (including phenoxy) is 4. The fourth-order valence-electron chi connectivity index (χ4n) is 2.50. The first kappa shape index (κ1) is 23.1. The first-order valence-corrected chi connectivity index (χ1v) is 10.00. The first-order chi connectivity index (χ1) is 14.5. The van der Waals surface area contributed by atoms with Crippen LogP contribution >= 0.6 is 15.9 Å². The van der Waals surface area contributed by atoms with Gasteiger partial charge in [0.2, 0.25) is 0 Å². The predicted molar refractivity (Wildman–Crippen MR) is 119 cm³/mol. The quantitative estimate of drug-likeness (QED) is 0.319. The summed E-state index contributed by atoms with van der Waals surface area (Å²) >= 11 is 3.44. The van der Waals surface area contributed by atoms with Gasteiger partial charge in [-0.05, 0) is 65.7 Å². The second kappa shape index (κ2) is 11.7. The van der Waals surface area contributed by atoms with Gasteiger partial charge in [0.1, 0.15) is 6.61 Å². The third kappa shape index (κ3) is 6.16. The second-order valence-electron chi connectivity index (χ2n) is 5.75. The smallest absolute Gasteiger partial charge is 0.271 e. The Bertz CT molecular complexity index is 953. The third-order valence-corrected chi connectivity index (χ3v) is 4.33.